The fraction of sp³-hybridized carbons (Fsp3) is 0.310. The van der Waals surface area contributed by atoms with Crippen molar-refractivity contribution in [2.45, 2.75) is 50.1 Å². The molecule has 0 aromatic heterocycles. The highest BCUT2D eigenvalue weighted by molar-refractivity contribution is 6.02. The lowest BCUT2D eigenvalue weighted by atomic mass is 9.71. The van der Waals surface area contributed by atoms with Crippen LogP contribution in [-0.2, 0) is 17.8 Å². The minimum Gasteiger partial charge on any atom is -0.355 e. The van der Waals surface area contributed by atoms with E-state index in [0.29, 0.717) is 18.7 Å². The minimum atomic E-state index is -0.474. The van der Waals surface area contributed by atoms with E-state index in [4.69, 9.17) is 0 Å². The molecule has 2 amide bonds. The molecule has 1 atom stereocenters. The van der Waals surface area contributed by atoms with Crippen LogP contribution < -0.4 is 5.32 Å². The third kappa shape index (κ3) is 4.06. The predicted octanol–water partition coefficient (Wildman–Crippen LogP) is 5.10. The molecular formula is C29H30N2O2. The molecule has 4 heteroatoms. The minimum absolute atomic E-state index is 0.0332. The molecule has 1 fully saturated rings. The van der Waals surface area contributed by atoms with Crippen molar-refractivity contribution in [2.75, 3.05) is 6.54 Å². The second-order valence-electron chi connectivity index (χ2n) is 9.23. The number of rotatable bonds is 6. The number of nitrogens with one attached hydrogen (secondary N) is 1. The van der Waals surface area contributed by atoms with Crippen LogP contribution in [0, 0.1) is 0 Å². The van der Waals surface area contributed by atoms with E-state index in [1.165, 1.54) is 5.56 Å². The van der Waals surface area contributed by atoms with Crippen LogP contribution in [0.4, 0.5) is 0 Å². The highest BCUT2D eigenvalue weighted by Crippen LogP contribution is 2.50. The fourth-order valence-electron chi connectivity index (χ4n) is 5.74. The van der Waals surface area contributed by atoms with Crippen molar-refractivity contribution in [1.82, 2.24) is 10.2 Å². The summed E-state index contributed by atoms with van der Waals surface area (Å²) in [5, 5.41) is 3.22. The Balaban J connectivity index is 1.48. The smallest absolute Gasteiger partial charge is 0.254 e. The molecule has 1 heterocycles. The summed E-state index contributed by atoms with van der Waals surface area (Å²) < 4.78 is 0. The van der Waals surface area contributed by atoms with Crippen LogP contribution in [0.5, 0.6) is 0 Å². The molecule has 1 aliphatic heterocycles. The van der Waals surface area contributed by atoms with E-state index in [1.54, 1.807) is 0 Å². The zero-order valence-corrected chi connectivity index (χ0v) is 18.9. The van der Waals surface area contributed by atoms with Crippen molar-refractivity contribution in [1.29, 1.82) is 0 Å². The maximum atomic E-state index is 13.8. The first kappa shape index (κ1) is 21.4. The number of carbonyl (C=O) groups excluding carboxylic acids is 2. The van der Waals surface area contributed by atoms with Gasteiger partial charge in [-0.05, 0) is 42.0 Å². The fourth-order valence-corrected chi connectivity index (χ4v) is 5.74. The van der Waals surface area contributed by atoms with Crippen LogP contribution >= 0.6 is 0 Å². The summed E-state index contributed by atoms with van der Waals surface area (Å²) in [6.07, 6.45) is 4.58. The summed E-state index contributed by atoms with van der Waals surface area (Å²) in [6.45, 7) is 1.12. The number of hydrogen-bond acceptors (Lipinski definition) is 2. The number of carbonyl (C=O) groups is 2. The van der Waals surface area contributed by atoms with E-state index >= 15 is 0 Å². The summed E-state index contributed by atoms with van der Waals surface area (Å²) in [5.41, 5.74) is 3.37. The van der Waals surface area contributed by atoms with Gasteiger partial charge in [0, 0.05) is 18.7 Å². The quantitative estimate of drug-likeness (QED) is 0.582. The molecule has 1 saturated carbocycles. The van der Waals surface area contributed by atoms with Gasteiger partial charge >= 0.3 is 0 Å². The van der Waals surface area contributed by atoms with Gasteiger partial charge in [0.25, 0.3) is 5.91 Å². The molecule has 1 aliphatic carbocycles. The van der Waals surface area contributed by atoms with Crippen LogP contribution in [0.15, 0.2) is 84.9 Å². The van der Waals surface area contributed by atoms with Crippen molar-refractivity contribution >= 4 is 11.8 Å². The molecule has 1 spiro atoms. The predicted molar refractivity (Wildman–Crippen MR) is 130 cm³/mol. The zero-order valence-electron chi connectivity index (χ0n) is 18.9. The van der Waals surface area contributed by atoms with Gasteiger partial charge in [-0.15, -0.1) is 0 Å². The average molecular weight is 439 g/mol. The van der Waals surface area contributed by atoms with Gasteiger partial charge in [0.2, 0.25) is 5.91 Å². The van der Waals surface area contributed by atoms with E-state index in [0.717, 1.165) is 43.2 Å². The van der Waals surface area contributed by atoms with Gasteiger partial charge in [0.1, 0.15) is 0 Å². The Morgan fingerprint density at radius 3 is 2.15 bits per heavy atom. The number of amides is 2. The maximum absolute atomic E-state index is 13.8. The molecule has 5 rings (SSSR count). The van der Waals surface area contributed by atoms with Gasteiger partial charge in [-0.2, -0.15) is 0 Å². The largest absolute Gasteiger partial charge is 0.355 e. The first-order valence-corrected chi connectivity index (χ1v) is 12.0. The first-order chi connectivity index (χ1) is 16.2. The Morgan fingerprint density at radius 2 is 1.45 bits per heavy atom. The lowest BCUT2D eigenvalue weighted by Gasteiger charge is -2.50. The topological polar surface area (TPSA) is 49.4 Å². The molecule has 1 unspecified atom stereocenters. The van der Waals surface area contributed by atoms with E-state index in [1.807, 2.05) is 65.6 Å². The van der Waals surface area contributed by atoms with Crippen LogP contribution in [0.25, 0.3) is 0 Å². The molecule has 3 aromatic rings. The summed E-state index contributed by atoms with van der Waals surface area (Å²) in [6, 6.07) is 28.0. The van der Waals surface area contributed by atoms with Crippen LogP contribution in [0.1, 0.15) is 58.6 Å². The van der Waals surface area contributed by atoms with Gasteiger partial charge < -0.3 is 10.2 Å². The highest BCUT2D eigenvalue weighted by Gasteiger charge is 2.55. The Morgan fingerprint density at radius 1 is 0.848 bits per heavy atom. The molecule has 33 heavy (non-hydrogen) atoms. The molecular weight excluding hydrogens is 408 g/mol. The second-order valence-corrected chi connectivity index (χ2v) is 9.23. The van der Waals surface area contributed by atoms with Crippen molar-refractivity contribution in [2.24, 2.45) is 0 Å². The molecule has 2 aliphatic rings. The standard InChI is InChI=1S/C29H30N2O2/c32-27(30-20-17-22-11-3-1-4-12-22)26-24-15-7-8-16-25(24)28(33)31(29(26)18-9-10-19-29)21-23-13-5-2-6-14-23/h1-8,11-16,26H,9-10,17-21H2,(H,30,32). The van der Waals surface area contributed by atoms with Crippen molar-refractivity contribution in [3.63, 3.8) is 0 Å². The summed E-state index contributed by atoms with van der Waals surface area (Å²) >= 11 is 0. The van der Waals surface area contributed by atoms with Gasteiger partial charge in [0.15, 0.2) is 0 Å². The number of fused-ring (bicyclic) bond motifs is 1. The van der Waals surface area contributed by atoms with Crippen molar-refractivity contribution in [3.8, 4) is 0 Å². The molecule has 4 nitrogen and oxygen atoms in total. The average Bonchev–Trinajstić information content (AvgIpc) is 3.33. The van der Waals surface area contributed by atoms with Gasteiger partial charge in [-0.25, -0.2) is 0 Å². The highest BCUT2D eigenvalue weighted by atomic mass is 16.2. The summed E-state index contributed by atoms with van der Waals surface area (Å²) in [5.74, 6) is -0.274. The second kappa shape index (κ2) is 9.22. The maximum Gasteiger partial charge on any atom is 0.254 e. The lowest BCUT2D eigenvalue weighted by molar-refractivity contribution is -0.126. The molecule has 0 saturated heterocycles. The van der Waals surface area contributed by atoms with E-state index in [-0.39, 0.29) is 17.7 Å². The molecule has 1 N–H and O–H groups in total. The Kier molecular flexibility index (Phi) is 5.99. The summed E-state index contributed by atoms with van der Waals surface area (Å²) in [7, 11) is 0. The van der Waals surface area contributed by atoms with Crippen molar-refractivity contribution in [3.05, 3.63) is 107 Å². The first-order valence-electron chi connectivity index (χ1n) is 12.0. The number of benzene rings is 3. The zero-order chi connectivity index (χ0) is 22.7. The van der Waals surface area contributed by atoms with E-state index in [2.05, 4.69) is 29.6 Å². The van der Waals surface area contributed by atoms with Crippen molar-refractivity contribution < 1.29 is 9.59 Å². The van der Waals surface area contributed by atoms with E-state index < -0.39 is 5.54 Å². The van der Waals surface area contributed by atoms with Crippen LogP contribution in [0.3, 0.4) is 0 Å². The third-order valence-electron chi connectivity index (χ3n) is 7.29. The monoisotopic (exact) mass is 438 g/mol. The molecule has 0 bridgehead atoms. The summed E-state index contributed by atoms with van der Waals surface area (Å²) in [4.78, 5) is 29.5. The van der Waals surface area contributed by atoms with Gasteiger partial charge in [-0.1, -0.05) is 91.7 Å². The number of hydrogen-bond donors (Lipinski definition) is 1. The Bertz CT molecular complexity index is 1120. The third-order valence-corrected chi connectivity index (χ3v) is 7.29. The molecule has 168 valence electrons. The van der Waals surface area contributed by atoms with E-state index in [9.17, 15) is 9.59 Å². The lowest BCUT2D eigenvalue weighted by Crippen LogP contribution is -2.60. The van der Waals surface area contributed by atoms with Gasteiger partial charge in [0.05, 0.1) is 11.5 Å². The van der Waals surface area contributed by atoms with Crippen LogP contribution in [-0.4, -0.2) is 28.8 Å². The normalized spacial score (nSPS) is 18.8. The van der Waals surface area contributed by atoms with Crippen LogP contribution in [0.2, 0.25) is 0 Å². The number of nitrogens with zero attached hydrogens (tertiary/aromatic N) is 1. The molecule has 0 radical (unpaired) electrons. The Hall–Kier alpha value is -3.40. The SMILES string of the molecule is O=C(NCCc1ccccc1)C1c2ccccc2C(=O)N(Cc2ccccc2)C12CCCC2. The van der Waals surface area contributed by atoms with Gasteiger partial charge in [-0.3, -0.25) is 9.59 Å². The molecule has 3 aromatic carbocycles. The Labute approximate surface area is 195 Å².